The lowest BCUT2D eigenvalue weighted by Gasteiger charge is -2.23. The average molecular weight is 440 g/mol. The first-order valence-corrected chi connectivity index (χ1v) is 11.6. The third-order valence-corrected chi connectivity index (χ3v) is 5.96. The monoisotopic (exact) mass is 439 g/mol. The number of carbonyl (C=O) groups is 1. The molecule has 1 amide bonds. The summed E-state index contributed by atoms with van der Waals surface area (Å²) in [6.45, 7) is 11.3. The fourth-order valence-corrected chi connectivity index (χ4v) is 4.12. The van der Waals surface area contributed by atoms with E-state index in [-0.39, 0.29) is 5.91 Å². The van der Waals surface area contributed by atoms with Crippen molar-refractivity contribution in [3.8, 4) is 5.75 Å². The number of ether oxygens (including phenoxy) is 1. The smallest absolute Gasteiger partial charge is 0.251 e. The quantitative estimate of drug-likeness (QED) is 0.574. The van der Waals surface area contributed by atoms with Crippen molar-refractivity contribution in [3.05, 3.63) is 53.1 Å². The van der Waals surface area contributed by atoms with Crippen LogP contribution in [0.25, 0.3) is 0 Å². The summed E-state index contributed by atoms with van der Waals surface area (Å²) in [5.74, 6) is 3.34. The van der Waals surface area contributed by atoms with Gasteiger partial charge in [0.2, 0.25) is 0 Å². The van der Waals surface area contributed by atoms with Gasteiger partial charge in [-0.05, 0) is 56.9 Å². The van der Waals surface area contributed by atoms with Crippen LogP contribution in [-0.4, -0.2) is 58.9 Å². The minimum atomic E-state index is -0.0865. The number of carbonyl (C=O) groups excluding carboxylic acids is 1. The summed E-state index contributed by atoms with van der Waals surface area (Å²) >= 11 is 0. The molecular formula is C25H37N5O2. The van der Waals surface area contributed by atoms with E-state index < -0.39 is 0 Å². The molecule has 174 valence electrons. The molecule has 1 unspecified atom stereocenters. The number of amides is 1. The maximum atomic E-state index is 12.4. The van der Waals surface area contributed by atoms with Crippen molar-refractivity contribution in [1.82, 2.24) is 25.0 Å². The fourth-order valence-electron chi connectivity index (χ4n) is 4.12. The lowest BCUT2D eigenvalue weighted by atomic mass is 10.0. The second kappa shape index (κ2) is 11.8. The number of hydrogen-bond acceptors (Lipinski definition) is 5. The molecule has 0 fully saturated rings. The predicted octanol–water partition coefficient (Wildman–Crippen LogP) is 3.50. The summed E-state index contributed by atoms with van der Waals surface area (Å²) in [6, 6.07) is 7.13. The number of nitrogens with one attached hydrogen (secondary N) is 1. The Labute approximate surface area is 191 Å². The molecule has 0 saturated carbocycles. The number of nitrogens with zero attached hydrogens (tertiary/aromatic N) is 4. The van der Waals surface area contributed by atoms with Crippen molar-refractivity contribution in [2.45, 2.75) is 53.0 Å². The van der Waals surface area contributed by atoms with Gasteiger partial charge in [0, 0.05) is 51.1 Å². The molecule has 1 aliphatic rings. The van der Waals surface area contributed by atoms with E-state index in [1.165, 1.54) is 12.0 Å². The molecule has 0 aliphatic carbocycles. The highest BCUT2D eigenvalue weighted by atomic mass is 16.5. The Balaban J connectivity index is 1.46. The molecule has 0 spiro atoms. The van der Waals surface area contributed by atoms with Crippen LogP contribution in [-0.2, 0) is 19.4 Å². The molecule has 3 rings (SSSR count). The first-order valence-electron chi connectivity index (χ1n) is 11.6. The molecule has 7 nitrogen and oxygen atoms in total. The van der Waals surface area contributed by atoms with Gasteiger partial charge in [0.25, 0.3) is 5.91 Å². The van der Waals surface area contributed by atoms with E-state index in [4.69, 9.17) is 4.74 Å². The van der Waals surface area contributed by atoms with Crippen molar-refractivity contribution < 1.29 is 9.53 Å². The van der Waals surface area contributed by atoms with Gasteiger partial charge >= 0.3 is 0 Å². The molecule has 1 aromatic carbocycles. The van der Waals surface area contributed by atoms with Crippen LogP contribution in [0.5, 0.6) is 5.75 Å². The Morgan fingerprint density at radius 1 is 1.19 bits per heavy atom. The Morgan fingerprint density at radius 2 is 1.97 bits per heavy atom. The van der Waals surface area contributed by atoms with E-state index in [0.717, 1.165) is 56.4 Å². The zero-order valence-electron chi connectivity index (χ0n) is 19.9. The minimum Gasteiger partial charge on any atom is -0.497 e. The van der Waals surface area contributed by atoms with Gasteiger partial charge < -0.3 is 19.5 Å². The van der Waals surface area contributed by atoms with E-state index in [1.807, 2.05) is 0 Å². The maximum Gasteiger partial charge on any atom is 0.251 e. The molecule has 1 N–H and O–H groups in total. The zero-order valence-corrected chi connectivity index (χ0v) is 19.9. The van der Waals surface area contributed by atoms with Gasteiger partial charge in [0.1, 0.15) is 17.4 Å². The number of fused-ring (bicyclic) bond motifs is 1. The van der Waals surface area contributed by atoms with Gasteiger partial charge in [0.05, 0.1) is 7.11 Å². The minimum absolute atomic E-state index is 0.0865. The van der Waals surface area contributed by atoms with Gasteiger partial charge in [-0.1, -0.05) is 18.6 Å². The van der Waals surface area contributed by atoms with Crippen molar-refractivity contribution in [3.63, 3.8) is 0 Å². The first kappa shape index (κ1) is 24.0. The molecule has 0 radical (unpaired) electrons. The van der Waals surface area contributed by atoms with Gasteiger partial charge in [-0.25, -0.2) is 0 Å². The molecule has 0 bridgehead atoms. The number of allylic oxidation sites excluding steroid dienone is 2. The fraction of sp³-hybridized carbons (Fsp3) is 0.560. The van der Waals surface area contributed by atoms with Gasteiger partial charge in [-0.2, -0.15) is 0 Å². The third kappa shape index (κ3) is 6.92. The van der Waals surface area contributed by atoms with Crippen molar-refractivity contribution >= 4 is 5.91 Å². The summed E-state index contributed by atoms with van der Waals surface area (Å²) in [5.41, 5.74) is 2.03. The number of rotatable bonds is 10. The summed E-state index contributed by atoms with van der Waals surface area (Å²) in [7, 11) is 1.61. The van der Waals surface area contributed by atoms with E-state index in [0.29, 0.717) is 24.4 Å². The number of aromatic nitrogens is 3. The zero-order chi connectivity index (χ0) is 22.9. The Kier molecular flexibility index (Phi) is 8.85. The van der Waals surface area contributed by atoms with Gasteiger partial charge in [0.15, 0.2) is 0 Å². The van der Waals surface area contributed by atoms with Crippen LogP contribution in [0, 0.1) is 5.92 Å². The standard InChI is InChI=1S/C25H37N5O2/c1-19(2)6-5-7-20(3)18-29-15-13-24-28-27-23(30(24)17-16-29)12-14-26-25(31)21-8-10-22(32-4)11-9-21/h6,8-11,20H,5,7,12-18H2,1-4H3,(H,26,31). The third-order valence-electron chi connectivity index (χ3n) is 5.96. The van der Waals surface area contributed by atoms with Crippen LogP contribution >= 0.6 is 0 Å². The maximum absolute atomic E-state index is 12.4. The second-order valence-corrected chi connectivity index (χ2v) is 8.93. The first-order chi connectivity index (χ1) is 15.5. The van der Waals surface area contributed by atoms with Crippen LogP contribution in [0.1, 0.15) is 55.6 Å². The number of methoxy groups -OCH3 is 1. The van der Waals surface area contributed by atoms with E-state index in [2.05, 4.69) is 51.8 Å². The predicted molar refractivity (Wildman–Crippen MR) is 127 cm³/mol. The SMILES string of the molecule is COc1ccc(C(=O)NCCc2nnc3n2CCN(CC(C)CCC=C(C)C)CC3)cc1. The average Bonchev–Trinajstić information content (AvgIpc) is 3.05. The van der Waals surface area contributed by atoms with Crippen LogP contribution in [0.2, 0.25) is 0 Å². The van der Waals surface area contributed by atoms with Crippen LogP contribution in [0.3, 0.4) is 0 Å². The van der Waals surface area contributed by atoms with E-state index in [1.54, 1.807) is 31.4 Å². The van der Waals surface area contributed by atoms with Crippen molar-refractivity contribution in [2.24, 2.45) is 5.92 Å². The summed E-state index contributed by atoms with van der Waals surface area (Å²) in [6.07, 6.45) is 6.32. The Morgan fingerprint density at radius 3 is 2.69 bits per heavy atom. The lowest BCUT2D eigenvalue weighted by molar-refractivity contribution is 0.0954. The topological polar surface area (TPSA) is 72.3 Å². The van der Waals surface area contributed by atoms with Crippen LogP contribution < -0.4 is 10.1 Å². The molecule has 32 heavy (non-hydrogen) atoms. The van der Waals surface area contributed by atoms with E-state index >= 15 is 0 Å². The molecule has 1 atom stereocenters. The highest BCUT2D eigenvalue weighted by Crippen LogP contribution is 2.15. The van der Waals surface area contributed by atoms with Gasteiger partial charge in [-0.3, -0.25) is 4.79 Å². The summed E-state index contributed by atoms with van der Waals surface area (Å²) < 4.78 is 7.38. The van der Waals surface area contributed by atoms with Crippen LogP contribution in [0.4, 0.5) is 0 Å². The lowest BCUT2D eigenvalue weighted by Crippen LogP contribution is -2.31. The summed E-state index contributed by atoms with van der Waals surface area (Å²) in [4.78, 5) is 14.9. The number of hydrogen-bond donors (Lipinski definition) is 1. The van der Waals surface area contributed by atoms with Gasteiger partial charge in [-0.15, -0.1) is 10.2 Å². The summed E-state index contributed by atoms with van der Waals surface area (Å²) in [5, 5.41) is 11.8. The molecule has 7 heteroatoms. The van der Waals surface area contributed by atoms with Crippen LogP contribution in [0.15, 0.2) is 35.9 Å². The molecule has 0 saturated heterocycles. The highest BCUT2D eigenvalue weighted by molar-refractivity contribution is 5.94. The van der Waals surface area contributed by atoms with Crippen molar-refractivity contribution in [1.29, 1.82) is 0 Å². The largest absolute Gasteiger partial charge is 0.497 e. The molecular weight excluding hydrogens is 402 g/mol. The second-order valence-electron chi connectivity index (χ2n) is 8.93. The van der Waals surface area contributed by atoms with E-state index in [9.17, 15) is 4.79 Å². The molecule has 2 heterocycles. The molecule has 1 aromatic heterocycles. The number of benzene rings is 1. The molecule has 2 aromatic rings. The Bertz CT molecular complexity index is 900. The van der Waals surface area contributed by atoms with Crippen molar-refractivity contribution in [2.75, 3.05) is 33.3 Å². The Hall–Kier alpha value is -2.67. The highest BCUT2D eigenvalue weighted by Gasteiger charge is 2.19. The normalized spacial score (nSPS) is 14.9. The molecule has 1 aliphatic heterocycles.